The van der Waals surface area contributed by atoms with Crippen LogP contribution >= 0.6 is 0 Å². The molecule has 0 radical (unpaired) electrons. The highest BCUT2D eigenvalue weighted by Crippen LogP contribution is 2.26. The minimum absolute atomic E-state index is 0.103. The molecule has 2 N–H and O–H groups in total. The van der Waals surface area contributed by atoms with Crippen molar-refractivity contribution >= 4 is 11.8 Å². The highest BCUT2D eigenvalue weighted by molar-refractivity contribution is 5.94. The lowest BCUT2D eigenvalue weighted by Crippen LogP contribution is -2.32. The van der Waals surface area contributed by atoms with E-state index in [2.05, 4.69) is 10.6 Å². The number of likely N-dealkylation sites (tertiary alicyclic amines) is 1. The van der Waals surface area contributed by atoms with E-state index in [1.807, 2.05) is 4.90 Å². The van der Waals surface area contributed by atoms with Crippen molar-refractivity contribution in [1.29, 1.82) is 0 Å². The van der Waals surface area contributed by atoms with E-state index in [9.17, 15) is 18.4 Å². The third-order valence-corrected chi connectivity index (χ3v) is 4.77. The van der Waals surface area contributed by atoms with E-state index >= 15 is 0 Å². The number of benzene rings is 1. The van der Waals surface area contributed by atoms with E-state index in [-0.39, 0.29) is 18.0 Å². The standard InChI is InChI=1S/C17H21F2N3O2/c18-13-3-4-14(15(19)6-13)17(24)21-5-1-2-16(23)22-9-11-7-20-8-12(11)10-22/h3-4,6,11-12,20H,1-2,5,7-10H2,(H,21,24)/t11-,12+. The van der Waals surface area contributed by atoms with Crippen LogP contribution < -0.4 is 10.6 Å². The van der Waals surface area contributed by atoms with Crippen LogP contribution in [-0.4, -0.2) is 49.4 Å². The molecule has 2 aliphatic rings. The molecule has 3 rings (SSSR count). The number of rotatable bonds is 5. The van der Waals surface area contributed by atoms with Crippen molar-refractivity contribution in [2.24, 2.45) is 11.8 Å². The second kappa shape index (κ2) is 7.25. The zero-order valence-corrected chi connectivity index (χ0v) is 13.4. The summed E-state index contributed by atoms with van der Waals surface area (Å²) in [6.45, 7) is 3.86. The van der Waals surface area contributed by atoms with Crippen LogP contribution in [-0.2, 0) is 4.79 Å². The van der Waals surface area contributed by atoms with Gasteiger partial charge in [0.05, 0.1) is 5.56 Å². The van der Waals surface area contributed by atoms with Crippen LogP contribution in [0.1, 0.15) is 23.2 Å². The fourth-order valence-corrected chi connectivity index (χ4v) is 3.43. The Bertz CT molecular complexity index is 626. The van der Waals surface area contributed by atoms with Gasteiger partial charge in [-0.25, -0.2) is 8.78 Å². The Hall–Kier alpha value is -2.02. The summed E-state index contributed by atoms with van der Waals surface area (Å²) >= 11 is 0. The van der Waals surface area contributed by atoms with Gasteiger partial charge in [0.1, 0.15) is 11.6 Å². The molecule has 0 aliphatic carbocycles. The molecule has 2 saturated heterocycles. The number of hydrogen-bond donors (Lipinski definition) is 2. The Kier molecular flexibility index (Phi) is 5.08. The third-order valence-electron chi connectivity index (χ3n) is 4.77. The summed E-state index contributed by atoms with van der Waals surface area (Å²) in [4.78, 5) is 25.9. The van der Waals surface area contributed by atoms with Gasteiger partial charge in [-0.1, -0.05) is 0 Å². The number of halogens is 2. The molecule has 2 atom stereocenters. The van der Waals surface area contributed by atoms with Gasteiger partial charge in [-0.05, 0) is 30.4 Å². The van der Waals surface area contributed by atoms with E-state index in [0.717, 1.165) is 38.3 Å². The molecule has 1 aromatic carbocycles. The first kappa shape index (κ1) is 16.8. The number of hydrogen-bond acceptors (Lipinski definition) is 3. The fourth-order valence-electron chi connectivity index (χ4n) is 3.43. The predicted octanol–water partition coefficient (Wildman–Crippen LogP) is 1.15. The van der Waals surface area contributed by atoms with Crippen LogP contribution in [0.15, 0.2) is 18.2 Å². The van der Waals surface area contributed by atoms with E-state index in [0.29, 0.717) is 30.7 Å². The zero-order valence-electron chi connectivity index (χ0n) is 13.4. The van der Waals surface area contributed by atoms with Gasteiger partial charge in [0.25, 0.3) is 5.91 Å². The molecule has 0 unspecified atom stereocenters. The Balaban J connectivity index is 1.39. The van der Waals surface area contributed by atoms with Crippen LogP contribution in [0.3, 0.4) is 0 Å². The minimum Gasteiger partial charge on any atom is -0.352 e. The van der Waals surface area contributed by atoms with Gasteiger partial charge in [0.2, 0.25) is 5.91 Å². The van der Waals surface area contributed by atoms with Crippen LogP contribution in [0.4, 0.5) is 8.78 Å². The van der Waals surface area contributed by atoms with Crippen molar-refractivity contribution in [3.63, 3.8) is 0 Å². The summed E-state index contributed by atoms with van der Waals surface area (Å²) in [6, 6.07) is 2.83. The summed E-state index contributed by atoms with van der Waals surface area (Å²) in [5, 5.41) is 5.90. The van der Waals surface area contributed by atoms with Gasteiger partial charge in [-0.15, -0.1) is 0 Å². The lowest BCUT2D eigenvalue weighted by atomic mass is 10.0. The summed E-state index contributed by atoms with van der Waals surface area (Å²) in [5.74, 6) is -0.973. The van der Waals surface area contributed by atoms with Gasteiger partial charge in [0.15, 0.2) is 0 Å². The maximum atomic E-state index is 13.5. The molecule has 0 bridgehead atoms. The van der Waals surface area contributed by atoms with Crippen LogP contribution in [0, 0.1) is 23.5 Å². The molecule has 7 heteroatoms. The number of fused-ring (bicyclic) bond motifs is 1. The van der Waals surface area contributed by atoms with Crippen LogP contribution in [0.25, 0.3) is 0 Å². The second-order valence-electron chi connectivity index (χ2n) is 6.46. The monoisotopic (exact) mass is 337 g/mol. The lowest BCUT2D eigenvalue weighted by Gasteiger charge is -2.17. The van der Waals surface area contributed by atoms with Crippen molar-refractivity contribution in [2.75, 3.05) is 32.7 Å². The van der Waals surface area contributed by atoms with Gasteiger partial charge < -0.3 is 15.5 Å². The zero-order chi connectivity index (χ0) is 17.1. The maximum absolute atomic E-state index is 13.5. The molecule has 130 valence electrons. The molecular weight excluding hydrogens is 316 g/mol. The molecule has 2 aliphatic heterocycles. The van der Waals surface area contributed by atoms with Crippen LogP contribution in [0.2, 0.25) is 0 Å². The summed E-state index contributed by atoms with van der Waals surface area (Å²) in [6.07, 6.45) is 0.858. The minimum atomic E-state index is -0.888. The Labute approximate surface area is 139 Å². The first-order chi connectivity index (χ1) is 11.5. The summed E-state index contributed by atoms with van der Waals surface area (Å²) in [5.41, 5.74) is -0.192. The fraction of sp³-hybridized carbons (Fsp3) is 0.529. The van der Waals surface area contributed by atoms with E-state index in [1.165, 1.54) is 0 Å². The molecule has 1 aromatic rings. The first-order valence-electron chi connectivity index (χ1n) is 8.26. The number of nitrogens with one attached hydrogen (secondary N) is 2. The van der Waals surface area contributed by atoms with E-state index in [4.69, 9.17) is 0 Å². The average molecular weight is 337 g/mol. The van der Waals surface area contributed by atoms with Gasteiger partial charge in [-0.3, -0.25) is 9.59 Å². The predicted molar refractivity (Wildman–Crippen MR) is 84.4 cm³/mol. The maximum Gasteiger partial charge on any atom is 0.254 e. The molecule has 2 heterocycles. The average Bonchev–Trinajstić information content (AvgIpc) is 3.12. The number of nitrogens with zero attached hydrogens (tertiary/aromatic N) is 1. The first-order valence-corrected chi connectivity index (χ1v) is 8.26. The topological polar surface area (TPSA) is 61.4 Å². The molecule has 2 amide bonds. The van der Waals surface area contributed by atoms with Gasteiger partial charge in [0, 0.05) is 45.2 Å². The SMILES string of the molecule is O=C(NCCCC(=O)N1C[C@H]2CNC[C@H]2C1)c1ccc(F)cc1F. The lowest BCUT2D eigenvalue weighted by molar-refractivity contribution is -0.130. The van der Waals surface area contributed by atoms with Crippen molar-refractivity contribution in [2.45, 2.75) is 12.8 Å². The Morgan fingerprint density at radius 1 is 1.21 bits per heavy atom. The quantitative estimate of drug-likeness (QED) is 0.793. The van der Waals surface area contributed by atoms with Gasteiger partial charge >= 0.3 is 0 Å². The van der Waals surface area contributed by atoms with E-state index < -0.39 is 17.5 Å². The highest BCUT2D eigenvalue weighted by atomic mass is 19.1. The number of carbonyl (C=O) groups is 2. The molecule has 5 nitrogen and oxygen atoms in total. The number of amides is 2. The Morgan fingerprint density at radius 2 is 1.92 bits per heavy atom. The molecule has 0 saturated carbocycles. The molecule has 2 fully saturated rings. The van der Waals surface area contributed by atoms with E-state index in [1.54, 1.807) is 0 Å². The molecule has 0 aromatic heterocycles. The highest BCUT2D eigenvalue weighted by Gasteiger charge is 2.37. The molecule has 0 spiro atoms. The van der Waals surface area contributed by atoms with Crippen molar-refractivity contribution in [3.05, 3.63) is 35.4 Å². The van der Waals surface area contributed by atoms with Crippen molar-refractivity contribution in [3.8, 4) is 0 Å². The molecule has 24 heavy (non-hydrogen) atoms. The second-order valence-corrected chi connectivity index (χ2v) is 6.46. The van der Waals surface area contributed by atoms with Crippen molar-refractivity contribution in [1.82, 2.24) is 15.5 Å². The smallest absolute Gasteiger partial charge is 0.254 e. The van der Waals surface area contributed by atoms with Crippen LogP contribution in [0.5, 0.6) is 0 Å². The Morgan fingerprint density at radius 3 is 2.58 bits per heavy atom. The van der Waals surface area contributed by atoms with Gasteiger partial charge in [-0.2, -0.15) is 0 Å². The normalized spacial score (nSPS) is 22.5. The summed E-state index contributed by atoms with van der Waals surface area (Å²) < 4.78 is 26.3. The third kappa shape index (κ3) is 3.72. The summed E-state index contributed by atoms with van der Waals surface area (Å²) in [7, 11) is 0. The number of carbonyl (C=O) groups excluding carboxylic acids is 2. The largest absolute Gasteiger partial charge is 0.352 e. The van der Waals surface area contributed by atoms with Crippen molar-refractivity contribution < 1.29 is 18.4 Å². The molecular formula is C17H21F2N3O2.